The molecule has 6 nitrogen and oxygen atoms in total. The molecule has 0 spiro atoms. The summed E-state index contributed by atoms with van der Waals surface area (Å²) in [6.07, 6.45) is 2.39. The number of urea groups is 1. The number of methoxy groups -OCH3 is 1. The Balaban J connectivity index is 1.57. The number of hydrogen-bond donors (Lipinski definition) is 1. The van der Waals surface area contributed by atoms with Crippen LogP contribution in [-0.4, -0.2) is 43.3 Å². The summed E-state index contributed by atoms with van der Waals surface area (Å²) in [4.78, 5) is 17.4. The second kappa shape index (κ2) is 7.85. The number of anilines is 2. The highest BCUT2D eigenvalue weighted by molar-refractivity contribution is 5.93. The number of rotatable bonds is 3. The van der Waals surface area contributed by atoms with Crippen molar-refractivity contribution in [2.45, 2.75) is 38.8 Å². The quantitative estimate of drug-likeness (QED) is 0.831. The largest absolute Gasteiger partial charge is 0.497 e. The number of nitrogens with one attached hydrogen (secondary N) is 1. The minimum atomic E-state index is -0.510. The van der Waals surface area contributed by atoms with Gasteiger partial charge in [0.1, 0.15) is 17.1 Å². The first-order valence-electron chi connectivity index (χ1n) is 10.2. The molecule has 0 atom stereocenters. The van der Waals surface area contributed by atoms with Crippen molar-refractivity contribution >= 4 is 17.4 Å². The Morgan fingerprint density at radius 3 is 2.66 bits per heavy atom. The van der Waals surface area contributed by atoms with Gasteiger partial charge in [-0.3, -0.25) is 0 Å². The monoisotopic (exact) mass is 395 g/mol. The molecule has 154 valence electrons. The Morgan fingerprint density at radius 2 is 1.90 bits per heavy atom. The van der Waals surface area contributed by atoms with Crippen LogP contribution < -0.4 is 19.7 Å². The second-order valence-corrected chi connectivity index (χ2v) is 8.33. The van der Waals surface area contributed by atoms with Crippen LogP contribution in [0.5, 0.6) is 11.5 Å². The molecular weight excluding hydrogens is 366 g/mol. The average molecular weight is 396 g/mol. The Morgan fingerprint density at radius 1 is 1.14 bits per heavy atom. The summed E-state index contributed by atoms with van der Waals surface area (Å²) in [6, 6.07) is 13.7. The Hall–Kier alpha value is -2.89. The lowest BCUT2D eigenvalue weighted by atomic mass is 10.1. The number of amides is 2. The number of hydrogen-bond acceptors (Lipinski definition) is 4. The highest BCUT2D eigenvalue weighted by Gasteiger charge is 2.32. The SMILES string of the molecule is COc1ccc2c(c1)OC(C)(C)CN(C(=O)Nc1ccccc1N1CCCC1)C2. The fraction of sp³-hybridized carbons (Fsp3) is 0.435. The van der Waals surface area contributed by atoms with Crippen molar-refractivity contribution in [3.63, 3.8) is 0 Å². The van der Waals surface area contributed by atoms with Crippen LogP contribution in [0.3, 0.4) is 0 Å². The lowest BCUT2D eigenvalue weighted by molar-refractivity contribution is 0.0833. The number of nitrogens with zero attached hydrogens (tertiary/aromatic N) is 2. The number of carbonyl (C=O) groups excluding carboxylic acids is 1. The van der Waals surface area contributed by atoms with Crippen LogP contribution in [0.25, 0.3) is 0 Å². The number of benzene rings is 2. The molecule has 0 unspecified atom stereocenters. The highest BCUT2D eigenvalue weighted by Crippen LogP contribution is 2.34. The predicted molar refractivity (Wildman–Crippen MR) is 115 cm³/mol. The summed E-state index contributed by atoms with van der Waals surface area (Å²) in [6.45, 7) is 7.04. The predicted octanol–water partition coefficient (Wildman–Crippen LogP) is 4.50. The van der Waals surface area contributed by atoms with Gasteiger partial charge in [-0.1, -0.05) is 12.1 Å². The van der Waals surface area contributed by atoms with Crippen molar-refractivity contribution in [3.8, 4) is 11.5 Å². The van der Waals surface area contributed by atoms with Crippen molar-refractivity contribution in [1.82, 2.24) is 4.90 Å². The van der Waals surface area contributed by atoms with E-state index < -0.39 is 5.60 Å². The Labute approximate surface area is 172 Å². The maximum absolute atomic E-state index is 13.2. The molecule has 0 radical (unpaired) electrons. The van der Waals surface area contributed by atoms with Gasteiger partial charge in [-0.25, -0.2) is 4.79 Å². The zero-order valence-corrected chi connectivity index (χ0v) is 17.4. The molecule has 0 bridgehead atoms. The van der Waals surface area contributed by atoms with Gasteiger partial charge in [0.2, 0.25) is 0 Å². The average Bonchev–Trinajstić information content (AvgIpc) is 3.18. The smallest absolute Gasteiger partial charge is 0.322 e. The molecule has 0 aromatic heterocycles. The fourth-order valence-electron chi connectivity index (χ4n) is 4.09. The molecule has 2 aromatic carbocycles. The van der Waals surface area contributed by atoms with E-state index in [0.29, 0.717) is 13.1 Å². The van der Waals surface area contributed by atoms with Crippen LogP contribution in [0.1, 0.15) is 32.3 Å². The molecule has 2 amide bonds. The number of fused-ring (bicyclic) bond motifs is 1. The zero-order chi connectivity index (χ0) is 20.4. The van der Waals surface area contributed by atoms with Gasteiger partial charge in [0.15, 0.2) is 0 Å². The lowest BCUT2D eigenvalue weighted by Crippen LogP contribution is -2.45. The fourth-order valence-corrected chi connectivity index (χ4v) is 4.09. The van der Waals surface area contributed by atoms with Crippen molar-refractivity contribution in [1.29, 1.82) is 0 Å². The molecule has 4 rings (SSSR count). The molecule has 2 heterocycles. The summed E-state index contributed by atoms with van der Waals surface area (Å²) in [5, 5.41) is 3.14. The van der Waals surface area contributed by atoms with E-state index >= 15 is 0 Å². The van der Waals surface area contributed by atoms with Crippen molar-refractivity contribution in [3.05, 3.63) is 48.0 Å². The molecule has 29 heavy (non-hydrogen) atoms. The zero-order valence-electron chi connectivity index (χ0n) is 17.4. The first-order valence-corrected chi connectivity index (χ1v) is 10.2. The minimum absolute atomic E-state index is 0.114. The van der Waals surface area contributed by atoms with E-state index in [0.717, 1.165) is 41.5 Å². The summed E-state index contributed by atoms with van der Waals surface area (Å²) in [5.41, 5.74) is 2.41. The maximum Gasteiger partial charge on any atom is 0.322 e. The molecule has 0 aliphatic carbocycles. The Bertz CT molecular complexity index is 891. The van der Waals surface area contributed by atoms with E-state index in [4.69, 9.17) is 9.47 Å². The molecule has 1 N–H and O–H groups in total. The molecule has 1 fully saturated rings. The second-order valence-electron chi connectivity index (χ2n) is 8.33. The van der Waals surface area contributed by atoms with Crippen molar-refractivity contribution in [2.24, 2.45) is 0 Å². The minimum Gasteiger partial charge on any atom is -0.497 e. The van der Waals surface area contributed by atoms with Gasteiger partial charge in [0, 0.05) is 24.7 Å². The molecule has 2 aromatic rings. The van der Waals surface area contributed by atoms with Gasteiger partial charge < -0.3 is 24.6 Å². The normalized spacial score (nSPS) is 17.9. The van der Waals surface area contributed by atoms with Gasteiger partial charge in [0.25, 0.3) is 0 Å². The van der Waals surface area contributed by atoms with Gasteiger partial charge in [-0.15, -0.1) is 0 Å². The lowest BCUT2D eigenvalue weighted by Gasteiger charge is -2.30. The van der Waals surface area contributed by atoms with E-state index in [1.54, 1.807) is 7.11 Å². The topological polar surface area (TPSA) is 54.0 Å². The highest BCUT2D eigenvalue weighted by atomic mass is 16.5. The molecule has 6 heteroatoms. The molecule has 2 aliphatic rings. The van der Waals surface area contributed by atoms with Gasteiger partial charge in [-0.2, -0.15) is 0 Å². The van der Waals surface area contributed by atoms with E-state index in [1.807, 2.05) is 55.1 Å². The number of para-hydroxylation sites is 2. The molecule has 2 aliphatic heterocycles. The van der Waals surface area contributed by atoms with Crippen LogP contribution in [-0.2, 0) is 6.54 Å². The first kappa shape index (κ1) is 19.4. The van der Waals surface area contributed by atoms with Crippen molar-refractivity contribution < 1.29 is 14.3 Å². The number of ether oxygens (including phenoxy) is 2. The van der Waals surface area contributed by atoms with Crippen LogP contribution in [0, 0.1) is 0 Å². The number of carbonyl (C=O) groups is 1. The maximum atomic E-state index is 13.2. The van der Waals surface area contributed by atoms with E-state index in [9.17, 15) is 4.79 Å². The van der Waals surface area contributed by atoms with E-state index in [2.05, 4.69) is 16.3 Å². The summed E-state index contributed by atoms with van der Waals surface area (Å²) in [7, 11) is 1.64. The van der Waals surface area contributed by atoms with Crippen LogP contribution >= 0.6 is 0 Å². The molecule has 1 saturated heterocycles. The molecule has 0 saturated carbocycles. The van der Waals surface area contributed by atoms with Crippen LogP contribution in [0.15, 0.2) is 42.5 Å². The van der Waals surface area contributed by atoms with E-state index in [1.165, 1.54) is 12.8 Å². The van der Waals surface area contributed by atoms with Crippen molar-refractivity contribution in [2.75, 3.05) is 37.0 Å². The third kappa shape index (κ3) is 4.26. The van der Waals surface area contributed by atoms with Gasteiger partial charge in [-0.05, 0) is 51.0 Å². The third-order valence-electron chi connectivity index (χ3n) is 5.47. The summed E-state index contributed by atoms with van der Waals surface area (Å²) in [5.74, 6) is 1.51. The van der Waals surface area contributed by atoms with E-state index in [-0.39, 0.29) is 6.03 Å². The molecular formula is C23H29N3O3. The van der Waals surface area contributed by atoms with Gasteiger partial charge in [0.05, 0.1) is 31.6 Å². The van der Waals surface area contributed by atoms with Crippen LogP contribution in [0.4, 0.5) is 16.2 Å². The van der Waals surface area contributed by atoms with Crippen LogP contribution in [0.2, 0.25) is 0 Å². The third-order valence-corrected chi connectivity index (χ3v) is 5.47. The Kier molecular flexibility index (Phi) is 5.26. The first-order chi connectivity index (χ1) is 13.9. The standard InChI is InChI=1S/C23H29N3O3/c1-23(2)16-26(15-17-10-11-18(28-3)14-21(17)29-23)22(27)24-19-8-4-5-9-20(19)25-12-6-7-13-25/h4-5,8-11,14H,6-7,12-13,15-16H2,1-3H3,(H,24,27). The summed E-state index contributed by atoms with van der Waals surface area (Å²) < 4.78 is 11.5. The van der Waals surface area contributed by atoms with Gasteiger partial charge >= 0.3 is 6.03 Å². The summed E-state index contributed by atoms with van der Waals surface area (Å²) >= 11 is 0.